The van der Waals surface area contributed by atoms with Crippen LogP contribution in [0, 0.1) is 19.8 Å². The van der Waals surface area contributed by atoms with Crippen LogP contribution < -0.4 is 4.74 Å². The molecule has 0 aliphatic heterocycles. The Balaban J connectivity index is 2.14. The summed E-state index contributed by atoms with van der Waals surface area (Å²) in [6.45, 7) is 6.12. The van der Waals surface area contributed by atoms with Crippen molar-refractivity contribution in [1.29, 1.82) is 0 Å². The van der Waals surface area contributed by atoms with Gasteiger partial charge in [-0.3, -0.25) is 0 Å². The van der Waals surface area contributed by atoms with Gasteiger partial charge in [0, 0.05) is 0 Å². The van der Waals surface area contributed by atoms with Gasteiger partial charge in [0.25, 0.3) is 0 Å². The number of carboxylic acids is 1. The monoisotopic (exact) mass is 262 g/mol. The average molecular weight is 262 g/mol. The number of hydrogen-bond acceptors (Lipinski definition) is 2. The SMILES string of the molecule is Cc1cc(C(=O)O)cc(C)c1OC1CCC(C)CC1. The van der Waals surface area contributed by atoms with E-state index in [1.165, 1.54) is 12.8 Å². The second-order valence-electron chi connectivity index (χ2n) is 5.74. The van der Waals surface area contributed by atoms with E-state index in [0.29, 0.717) is 5.56 Å². The molecule has 3 heteroatoms. The lowest BCUT2D eigenvalue weighted by Gasteiger charge is -2.28. The lowest BCUT2D eigenvalue weighted by atomic mass is 9.89. The third-order valence-corrected chi connectivity index (χ3v) is 3.95. The second-order valence-corrected chi connectivity index (χ2v) is 5.74. The topological polar surface area (TPSA) is 46.5 Å². The van der Waals surface area contributed by atoms with Crippen molar-refractivity contribution in [1.82, 2.24) is 0 Å². The summed E-state index contributed by atoms with van der Waals surface area (Å²) in [5.41, 5.74) is 2.16. The van der Waals surface area contributed by atoms with Gasteiger partial charge in [-0.25, -0.2) is 4.79 Å². The molecule has 0 unspecified atom stereocenters. The molecule has 0 radical (unpaired) electrons. The fraction of sp³-hybridized carbons (Fsp3) is 0.562. The predicted molar refractivity (Wildman–Crippen MR) is 74.9 cm³/mol. The van der Waals surface area contributed by atoms with E-state index in [1.54, 1.807) is 12.1 Å². The molecule has 0 bridgehead atoms. The van der Waals surface area contributed by atoms with E-state index in [-0.39, 0.29) is 6.10 Å². The molecule has 1 aromatic carbocycles. The third-order valence-electron chi connectivity index (χ3n) is 3.95. The number of carbonyl (C=O) groups is 1. The van der Waals surface area contributed by atoms with Crippen molar-refractivity contribution in [3.05, 3.63) is 28.8 Å². The Hall–Kier alpha value is -1.51. The minimum Gasteiger partial charge on any atom is -0.490 e. The van der Waals surface area contributed by atoms with Crippen LogP contribution in [0.15, 0.2) is 12.1 Å². The van der Waals surface area contributed by atoms with E-state index in [1.807, 2.05) is 13.8 Å². The maximum absolute atomic E-state index is 11.0. The zero-order chi connectivity index (χ0) is 14.0. The van der Waals surface area contributed by atoms with Crippen molar-refractivity contribution in [2.24, 2.45) is 5.92 Å². The molecule has 1 aliphatic carbocycles. The third kappa shape index (κ3) is 3.28. The summed E-state index contributed by atoms with van der Waals surface area (Å²) in [7, 11) is 0. The molecule has 0 spiro atoms. The first-order valence-corrected chi connectivity index (χ1v) is 6.98. The summed E-state index contributed by atoms with van der Waals surface area (Å²) < 4.78 is 6.11. The van der Waals surface area contributed by atoms with E-state index in [9.17, 15) is 4.79 Å². The Labute approximate surface area is 114 Å². The van der Waals surface area contributed by atoms with Crippen LogP contribution in [0.5, 0.6) is 5.75 Å². The summed E-state index contributed by atoms with van der Waals surface area (Å²) in [4.78, 5) is 11.0. The van der Waals surface area contributed by atoms with E-state index < -0.39 is 5.97 Å². The Bertz CT molecular complexity index is 448. The average Bonchev–Trinajstić information content (AvgIpc) is 2.35. The molecule has 0 saturated heterocycles. The molecule has 0 heterocycles. The molecule has 0 amide bonds. The van der Waals surface area contributed by atoms with Crippen molar-refractivity contribution in [2.75, 3.05) is 0 Å². The summed E-state index contributed by atoms with van der Waals surface area (Å²) in [6.07, 6.45) is 4.91. The van der Waals surface area contributed by atoms with Gasteiger partial charge in [-0.15, -0.1) is 0 Å². The van der Waals surface area contributed by atoms with Crippen LogP contribution in [0.25, 0.3) is 0 Å². The maximum Gasteiger partial charge on any atom is 0.335 e. The van der Waals surface area contributed by atoms with Gasteiger partial charge in [0.1, 0.15) is 5.75 Å². The van der Waals surface area contributed by atoms with Crippen molar-refractivity contribution < 1.29 is 14.6 Å². The lowest BCUT2D eigenvalue weighted by molar-refractivity contribution is 0.0696. The van der Waals surface area contributed by atoms with Gasteiger partial charge >= 0.3 is 5.97 Å². The van der Waals surface area contributed by atoms with Crippen LogP contribution in [-0.4, -0.2) is 17.2 Å². The molecule has 1 N–H and O–H groups in total. The molecule has 3 nitrogen and oxygen atoms in total. The van der Waals surface area contributed by atoms with Crippen molar-refractivity contribution in [2.45, 2.75) is 52.6 Å². The molecule has 1 aliphatic rings. The van der Waals surface area contributed by atoms with Gasteiger partial charge in [0.05, 0.1) is 11.7 Å². The molecular formula is C16H22O3. The van der Waals surface area contributed by atoms with Gasteiger partial charge in [0.15, 0.2) is 0 Å². The quantitative estimate of drug-likeness (QED) is 0.896. The first-order chi connectivity index (χ1) is 8.97. The van der Waals surface area contributed by atoms with E-state index in [0.717, 1.165) is 35.6 Å². The van der Waals surface area contributed by atoms with Gasteiger partial charge in [-0.05, 0) is 68.7 Å². The molecule has 2 rings (SSSR count). The summed E-state index contributed by atoms with van der Waals surface area (Å²) in [5, 5.41) is 9.03. The highest BCUT2D eigenvalue weighted by Gasteiger charge is 2.21. The summed E-state index contributed by atoms with van der Waals surface area (Å²) in [5.74, 6) is 0.783. The Morgan fingerprint density at radius 2 is 1.68 bits per heavy atom. The number of hydrogen-bond donors (Lipinski definition) is 1. The highest BCUT2D eigenvalue weighted by molar-refractivity contribution is 5.88. The Morgan fingerprint density at radius 3 is 2.16 bits per heavy atom. The molecular weight excluding hydrogens is 240 g/mol. The van der Waals surface area contributed by atoms with Crippen LogP contribution in [0.3, 0.4) is 0 Å². The first-order valence-electron chi connectivity index (χ1n) is 6.98. The van der Waals surface area contributed by atoms with Crippen molar-refractivity contribution >= 4 is 5.97 Å². The largest absolute Gasteiger partial charge is 0.490 e. The van der Waals surface area contributed by atoms with Crippen LogP contribution in [-0.2, 0) is 0 Å². The smallest absolute Gasteiger partial charge is 0.335 e. The minimum absolute atomic E-state index is 0.282. The van der Waals surface area contributed by atoms with Crippen LogP contribution in [0.1, 0.15) is 54.1 Å². The molecule has 104 valence electrons. The highest BCUT2D eigenvalue weighted by atomic mass is 16.5. The van der Waals surface area contributed by atoms with Crippen molar-refractivity contribution in [3.8, 4) is 5.75 Å². The fourth-order valence-corrected chi connectivity index (χ4v) is 2.77. The van der Waals surface area contributed by atoms with Crippen LogP contribution >= 0.6 is 0 Å². The van der Waals surface area contributed by atoms with Crippen molar-refractivity contribution in [3.63, 3.8) is 0 Å². The Morgan fingerprint density at radius 1 is 1.16 bits per heavy atom. The summed E-state index contributed by atoms with van der Waals surface area (Å²) >= 11 is 0. The summed E-state index contributed by atoms with van der Waals surface area (Å²) in [6, 6.07) is 3.38. The highest BCUT2D eigenvalue weighted by Crippen LogP contribution is 2.31. The second kappa shape index (κ2) is 5.64. The van der Waals surface area contributed by atoms with Gasteiger partial charge in [-0.2, -0.15) is 0 Å². The van der Waals surface area contributed by atoms with Gasteiger partial charge in [-0.1, -0.05) is 6.92 Å². The molecule has 19 heavy (non-hydrogen) atoms. The van der Waals surface area contributed by atoms with Gasteiger partial charge in [0.2, 0.25) is 0 Å². The van der Waals surface area contributed by atoms with E-state index >= 15 is 0 Å². The van der Waals surface area contributed by atoms with E-state index in [2.05, 4.69) is 6.92 Å². The first kappa shape index (κ1) is 13.9. The zero-order valence-corrected chi connectivity index (χ0v) is 11.9. The van der Waals surface area contributed by atoms with Crippen LogP contribution in [0.2, 0.25) is 0 Å². The number of rotatable bonds is 3. The number of ether oxygens (including phenoxy) is 1. The number of carboxylic acid groups (broad SMARTS) is 1. The molecule has 1 aromatic rings. The number of benzene rings is 1. The van der Waals surface area contributed by atoms with Gasteiger partial charge < -0.3 is 9.84 Å². The number of aryl methyl sites for hydroxylation is 2. The predicted octanol–water partition coefficient (Wildman–Crippen LogP) is 3.96. The standard InChI is InChI=1S/C16H22O3/c1-10-4-6-14(7-5-10)19-15-11(2)8-13(16(17)18)9-12(15)3/h8-10,14H,4-7H2,1-3H3,(H,17,18). The lowest BCUT2D eigenvalue weighted by Crippen LogP contribution is -2.23. The minimum atomic E-state index is -0.885. The maximum atomic E-state index is 11.0. The molecule has 1 saturated carbocycles. The fourth-order valence-electron chi connectivity index (χ4n) is 2.77. The normalized spacial score (nSPS) is 23.1. The molecule has 0 aromatic heterocycles. The van der Waals surface area contributed by atoms with E-state index in [4.69, 9.17) is 9.84 Å². The molecule has 0 atom stereocenters. The van der Waals surface area contributed by atoms with Crippen LogP contribution in [0.4, 0.5) is 0 Å². The molecule has 1 fully saturated rings. The number of aromatic carboxylic acids is 1. The zero-order valence-electron chi connectivity index (χ0n) is 11.9. The Kier molecular flexibility index (Phi) is 4.13.